The second-order valence-corrected chi connectivity index (χ2v) is 3.67. The van der Waals surface area contributed by atoms with Gasteiger partial charge in [0.25, 0.3) is 0 Å². The van der Waals surface area contributed by atoms with Gasteiger partial charge in [-0.05, 0) is 18.4 Å². The Labute approximate surface area is 103 Å². The van der Waals surface area contributed by atoms with Crippen molar-refractivity contribution in [1.82, 2.24) is 0 Å². The van der Waals surface area contributed by atoms with Crippen molar-refractivity contribution >= 4 is 11.1 Å². The van der Waals surface area contributed by atoms with E-state index in [1.807, 2.05) is 30.3 Å². The molecule has 1 unspecified atom stereocenters. The van der Waals surface area contributed by atoms with Crippen molar-refractivity contribution in [2.45, 2.75) is 12.8 Å². The predicted molar refractivity (Wildman–Crippen MR) is 50.4 cm³/mol. The zero-order chi connectivity index (χ0) is 8.81. The SMILES string of the molecule is O=S(O)CCCc1ccccc1.[Na+]. The van der Waals surface area contributed by atoms with Crippen LogP contribution in [-0.2, 0) is 17.5 Å². The summed E-state index contributed by atoms with van der Waals surface area (Å²) < 4.78 is 18.8. The molecule has 66 valence electrons. The van der Waals surface area contributed by atoms with Crippen LogP contribution in [0.1, 0.15) is 12.0 Å². The molecule has 13 heavy (non-hydrogen) atoms. The minimum atomic E-state index is -1.64. The van der Waals surface area contributed by atoms with Crippen LogP contribution in [0.3, 0.4) is 0 Å². The molecule has 0 fully saturated rings. The van der Waals surface area contributed by atoms with Gasteiger partial charge in [0.15, 0.2) is 11.1 Å². The Hall–Kier alpha value is 0.330. The molecule has 0 spiro atoms. The molecule has 0 aliphatic carbocycles. The van der Waals surface area contributed by atoms with Gasteiger partial charge in [0.2, 0.25) is 0 Å². The molecule has 0 aromatic heterocycles. The van der Waals surface area contributed by atoms with E-state index >= 15 is 0 Å². The van der Waals surface area contributed by atoms with Gasteiger partial charge in [-0.2, -0.15) is 0 Å². The van der Waals surface area contributed by atoms with Crippen molar-refractivity contribution < 1.29 is 38.3 Å². The maximum atomic E-state index is 10.3. The fourth-order valence-corrected chi connectivity index (χ4v) is 1.44. The molecule has 0 saturated heterocycles. The first-order chi connectivity index (χ1) is 5.79. The van der Waals surface area contributed by atoms with Crippen LogP contribution in [0.2, 0.25) is 0 Å². The van der Waals surface area contributed by atoms with E-state index in [-0.39, 0.29) is 29.6 Å². The molecule has 0 amide bonds. The molecule has 1 rings (SSSR count). The van der Waals surface area contributed by atoms with E-state index in [1.165, 1.54) is 5.56 Å². The van der Waals surface area contributed by atoms with E-state index in [4.69, 9.17) is 4.55 Å². The van der Waals surface area contributed by atoms with Crippen LogP contribution in [0, 0.1) is 0 Å². The summed E-state index contributed by atoms with van der Waals surface area (Å²) in [6.45, 7) is 0. The standard InChI is InChI=1S/C9H12O2S.Na/c10-12(11)8-4-7-9-5-2-1-3-6-9;/h1-3,5-6H,4,7-8H2,(H,10,11);/q;+1. The summed E-state index contributed by atoms with van der Waals surface area (Å²) in [6.07, 6.45) is 1.65. The molecule has 0 bridgehead atoms. The summed E-state index contributed by atoms with van der Waals surface area (Å²) in [6, 6.07) is 9.98. The van der Waals surface area contributed by atoms with Crippen molar-refractivity contribution in [3.05, 3.63) is 35.9 Å². The maximum absolute atomic E-state index is 10.3. The van der Waals surface area contributed by atoms with E-state index in [0.717, 1.165) is 12.8 Å². The van der Waals surface area contributed by atoms with Crippen molar-refractivity contribution in [1.29, 1.82) is 0 Å². The summed E-state index contributed by atoms with van der Waals surface area (Å²) in [5, 5.41) is 0. The van der Waals surface area contributed by atoms with E-state index in [1.54, 1.807) is 0 Å². The molecule has 0 aliphatic heterocycles. The second kappa shape index (κ2) is 7.71. The van der Waals surface area contributed by atoms with Crippen molar-refractivity contribution in [2.75, 3.05) is 5.75 Å². The number of benzene rings is 1. The van der Waals surface area contributed by atoms with Crippen LogP contribution in [-0.4, -0.2) is 14.5 Å². The largest absolute Gasteiger partial charge is 1.00 e. The normalized spacial score (nSPS) is 11.8. The topological polar surface area (TPSA) is 37.3 Å². The molecule has 0 radical (unpaired) electrons. The molecule has 1 aromatic carbocycles. The van der Waals surface area contributed by atoms with Gasteiger partial charge in [-0.1, -0.05) is 30.3 Å². The second-order valence-electron chi connectivity index (χ2n) is 2.61. The maximum Gasteiger partial charge on any atom is 1.00 e. The van der Waals surface area contributed by atoms with E-state index < -0.39 is 11.1 Å². The zero-order valence-corrected chi connectivity index (χ0v) is 10.6. The molecule has 1 atom stereocenters. The van der Waals surface area contributed by atoms with Gasteiger partial charge in [-0.25, -0.2) is 4.21 Å². The van der Waals surface area contributed by atoms with Gasteiger partial charge in [-0.15, -0.1) is 0 Å². The van der Waals surface area contributed by atoms with Crippen LogP contribution in [0.4, 0.5) is 0 Å². The molecular weight excluding hydrogens is 195 g/mol. The molecule has 1 N–H and O–H groups in total. The molecule has 2 nitrogen and oxygen atoms in total. The number of hydrogen-bond acceptors (Lipinski definition) is 1. The third-order valence-electron chi connectivity index (χ3n) is 1.63. The third-order valence-corrected chi connectivity index (χ3v) is 2.27. The number of rotatable bonds is 4. The van der Waals surface area contributed by atoms with Crippen LogP contribution in [0.5, 0.6) is 0 Å². The van der Waals surface area contributed by atoms with Gasteiger partial charge in [0, 0.05) is 5.75 Å². The Bertz CT molecular complexity index is 251. The monoisotopic (exact) mass is 207 g/mol. The van der Waals surface area contributed by atoms with E-state index in [2.05, 4.69) is 0 Å². The Morgan fingerprint density at radius 2 is 1.85 bits per heavy atom. The Morgan fingerprint density at radius 1 is 1.23 bits per heavy atom. The Morgan fingerprint density at radius 3 is 2.38 bits per heavy atom. The average Bonchev–Trinajstić information content (AvgIpc) is 2.05. The van der Waals surface area contributed by atoms with E-state index in [9.17, 15) is 4.21 Å². The van der Waals surface area contributed by atoms with Crippen LogP contribution in [0.15, 0.2) is 30.3 Å². The van der Waals surface area contributed by atoms with Crippen LogP contribution < -0.4 is 29.6 Å². The van der Waals surface area contributed by atoms with Crippen LogP contribution in [0.25, 0.3) is 0 Å². The first-order valence-corrected chi connectivity index (χ1v) is 5.18. The van der Waals surface area contributed by atoms with Gasteiger partial charge < -0.3 is 4.55 Å². The minimum absolute atomic E-state index is 0. The number of hydrogen-bond donors (Lipinski definition) is 1. The average molecular weight is 207 g/mol. The summed E-state index contributed by atoms with van der Waals surface area (Å²) in [7, 11) is 0. The first-order valence-electron chi connectivity index (χ1n) is 3.90. The summed E-state index contributed by atoms with van der Waals surface area (Å²) in [4.78, 5) is 0. The first kappa shape index (κ1) is 13.3. The van der Waals surface area contributed by atoms with Gasteiger partial charge in [0.1, 0.15) is 0 Å². The third kappa shape index (κ3) is 6.41. The fourth-order valence-electron chi connectivity index (χ4n) is 1.04. The number of aryl methyl sites for hydroxylation is 1. The smallest absolute Gasteiger partial charge is 0.306 e. The summed E-state index contributed by atoms with van der Waals surface area (Å²) in [5.41, 5.74) is 1.22. The molecule has 0 saturated carbocycles. The summed E-state index contributed by atoms with van der Waals surface area (Å²) >= 11 is -1.64. The fraction of sp³-hybridized carbons (Fsp3) is 0.333. The molecular formula is C9H12NaO2S+. The van der Waals surface area contributed by atoms with Crippen molar-refractivity contribution in [3.8, 4) is 0 Å². The Balaban J connectivity index is 0.00000144. The van der Waals surface area contributed by atoms with Crippen molar-refractivity contribution in [2.24, 2.45) is 0 Å². The van der Waals surface area contributed by atoms with E-state index in [0.29, 0.717) is 5.75 Å². The molecule has 4 heteroatoms. The molecule has 0 aliphatic rings. The van der Waals surface area contributed by atoms with Gasteiger partial charge in [-0.3, -0.25) is 0 Å². The predicted octanol–water partition coefficient (Wildman–Crippen LogP) is -1.16. The zero-order valence-electron chi connectivity index (χ0n) is 7.77. The van der Waals surface area contributed by atoms with Crippen molar-refractivity contribution in [3.63, 3.8) is 0 Å². The molecule has 0 heterocycles. The van der Waals surface area contributed by atoms with Gasteiger partial charge in [0.05, 0.1) is 0 Å². The van der Waals surface area contributed by atoms with Gasteiger partial charge >= 0.3 is 29.6 Å². The summed E-state index contributed by atoms with van der Waals surface area (Å²) in [5.74, 6) is 0.370. The Kier molecular flexibility index (Phi) is 7.90. The molecule has 1 aromatic rings. The quantitative estimate of drug-likeness (QED) is 0.500. The van der Waals surface area contributed by atoms with Crippen LogP contribution >= 0.6 is 0 Å². The minimum Gasteiger partial charge on any atom is -0.306 e.